The number of anilines is 1. The van der Waals surface area contributed by atoms with Crippen molar-refractivity contribution in [3.05, 3.63) is 40.1 Å². The molecule has 8 heteroatoms. The van der Waals surface area contributed by atoms with Crippen molar-refractivity contribution in [2.24, 2.45) is 0 Å². The van der Waals surface area contributed by atoms with E-state index in [-0.39, 0.29) is 24.9 Å². The summed E-state index contributed by atoms with van der Waals surface area (Å²) in [6.45, 7) is 0.838. The van der Waals surface area contributed by atoms with Gasteiger partial charge in [0.2, 0.25) is 5.91 Å². The summed E-state index contributed by atoms with van der Waals surface area (Å²) in [4.78, 5) is 33.5. The second-order valence-corrected chi connectivity index (χ2v) is 6.32. The summed E-state index contributed by atoms with van der Waals surface area (Å²) >= 11 is 7.06. The number of aromatic nitrogens is 2. The third kappa shape index (κ3) is 4.05. The van der Waals surface area contributed by atoms with Crippen LogP contribution in [0.2, 0.25) is 5.15 Å². The van der Waals surface area contributed by atoms with Gasteiger partial charge in [0.05, 0.1) is 12.1 Å². The molecule has 0 bridgehead atoms. The maximum Gasteiger partial charge on any atom is 0.312 e. The molecule has 0 unspecified atom stereocenters. The molecule has 0 N–H and O–H groups in total. The molecule has 0 radical (unpaired) electrons. The van der Waals surface area contributed by atoms with Crippen LogP contribution >= 0.6 is 22.9 Å². The molecule has 2 aromatic heterocycles. The maximum absolute atomic E-state index is 11.9. The SMILES string of the molecule is O=C(Cc1csc(N2CCCC2=O)n1)OCc1ccc(Cl)nc1. The molecular weight excluding hydrogens is 338 g/mol. The van der Waals surface area contributed by atoms with Gasteiger partial charge >= 0.3 is 5.97 Å². The van der Waals surface area contributed by atoms with Crippen LogP contribution in [0.25, 0.3) is 0 Å². The average molecular weight is 352 g/mol. The molecule has 3 rings (SSSR count). The molecule has 0 atom stereocenters. The molecule has 0 aliphatic carbocycles. The van der Waals surface area contributed by atoms with Gasteiger partial charge in [-0.05, 0) is 12.5 Å². The third-order valence-corrected chi connectivity index (χ3v) is 4.49. The number of hydrogen-bond acceptors (Lipinski definition) is 6. The number of esters is 1. The van der Waals surface area contributed by atoms with E-state index in [1.807, 2.05) is 0 Å². The predicted molar refractivity (Wildman–Crippen MR) is 86.4 cm³/mol. The topological polar surface area (TPSA) is 72.4 Å². The number of carbonyl (C=O) groups excluding carboxylic acids is 2. The Balaban J connectivity index is 1.53. The molecule has 0 saturated carbocycles. The van der Waals surface area contributed by atoms with Gasteiger partial charge in [-0.25, -0.2) is 9.97 Å². The van der Waals surface area contributed by atoms with Crippen LogP contribution in [0.1, 0.15) is 24.1 Å². The standard InChI is InChI=1S/C15H14ClN3O3S/c16-12-4-3-10(7-17-12)8-22-14(21)6-11-9-23-15(18-11)19-5-1-2-13(19)20/h3-4,7,9H,1-2,5-6,8H2. The van der Waals surface area contributed by atoms with Gasteiger partial charge in [0.15, 0.2) is 5.13 Å². The Morgan fingerprint density at radius 3 is 3.00 bits per heavy atom. The van der Waals surface area contributed by atoms with Crippen molar-refractivity contribution >= 4 is 39.9 Å². The third-order valence-electron chi connectivity index (χ3n) is 3.36. The molecule has 2 aromatic rings. The number of nitrogens with zero attached hydrogens (tertiary/aromatic N) is 3. The highest BCUT2D eigenvalue weighted by atomic mass is 35.5. The molecule has 6 nitrogen and oxygen atoms in total. The summed E-state index contributed by atoms with van der Waals surface area (Å²) < 4.78 is 5.19. The lowest BCUT2D eigenvalue weighted by atomic mass is 10.3. The highest BCUT2D eigenvalue weighted by molar-refractivity contribution is 7.14. The van der Waals surface area contributed by atoms with E-state index in [1.54, 1.807) is 28.6 Å². The normalized spacial score (nSPS) is 14.3. The van der Waals surface area contributed by atoms with E-state index >= 15 is 0 Å². The van der Waals surface area contributed by atoms with Crippen molar-refractivity contribution in [2.75, 3.05) is 11.4 Å². The van der Waals surface area contributed by atoms with Crippen LogP contribution in [0.15, 0.2) is 23.7 Å². The summed E-state index contributed by atoms with van der Waals surface area (Å²) in [6, 6.07) is 3.40. The van der Waals surface area contributed by atoms with Crippen molar-refractivity contribution in [3.63, 3.8) is 0 Å². The summed E-state index contributed by atoms with van der Waals surface area (Å²) in [5.41, 5.74) is 1.38. The minimum atomic E-state index is -0.371. The van der Waals surface area contributed by atoms with Gasteiger partial charge in [0.25, 0.3) is 0 Å². The Morgan fingerprint density at radius 1 is 1.43 bits per heavy atom. The smallest absolute Gasteiger partial charge is 0.312 e. The summed E-state index contributed by atoms with van der Waals surface area (Å²) in [5, 5.41) is 2.83. The van der Waals surface area contributed by atoms with E-state index in [0.717, 1.165) is 12.0 Å². The molecule has 1 amide bonds. The van der Waals surface area contributed by atoms with Crippen molar-refractivity contribution in [1.29, 1.82) is 0 Å². The number of pyridine rings is 1. The van der Waals surface area contributed by atoms with Crippen LogP contribution in [0.4, 0.5) is 5.13 Å². The first-order valence-corrected chi connectivity index (χ1v) is 8.38. The zero-order valence-corrected chi connectivity index (χ0v) is 13.8. The van der Waals surface area contributed by atoms with Gasteiger partial charge in [-0.1, -0.05) is 17.7 Å². The predicted octanol–water partition coefficient (Wildman–Crippen LogP) is 2.60. The van der Waals surface area contributed by atoms with Crippen LogP contribution < -0.4 is 4.90 Å². The lowest BCUT2D eigenvalue weighted by molar-refractivity contribution is -0.144. The largest absolute Gasteiger partial charge is 0.460 e. The Labute approximate surface area is 142 Å². The van der Waals surface area contributed by atoms with Gasteiger partial charge < -0.3 is 4.74 Å². The first-order chi connectivity index (χ1) is 11.1. The van der Waals surface area contributed by atoms with Crippen molar-refractivity contribution in [1.82, 2.24) is 9.97 Å². The molecule has 120 valence electrons. The molecule has 0 aromatic carbocycles. The first kappa shape index (κ1) is 15.9. The van der Waals surface area contributed by atoms with Crippen LogP contribution in [0.3, 0.4) is 0 Å². The molecule has 3 heterocycles. The Hall–Kier alpha value is -1.99. The number of hydrogen-bond donors (Lipinski definition) is 0. The van der Waals surface area contributed by atoms with Gasteiger partial charge in [-0.15, -0.1) is 11.3 Å². The summed E-state index contributed by atoms with van der Waals surface area (Å²) in [5.74, 6) is -0.284. The van der Waals surface area contributed by atoms with Crippen LogP contribution in [0.5, 0.6) is 0 Å². The van der Waals surface area contributed by atoms with E-state index in [2.05, 4.69) is 9.97 Å². The average Bonchev–Trinajstić information content (AvgIpc) is 3.15. The number of rotatable bonds is 5. The molecule has 1 saturated heterocycles. The Bertz CT molecular complexity index is 717. The summed E-state index contributed by atoms with van der Waals surface area (Å²) in [6.07, 6.45) is 3.06. The monoisotopic (exact) mass is 351 g/mol. The highest BCUT2D eigenvalue weighted by Crippen LogP contribution is 2.25. The number of amides is 1. The fourth-order valence-corrected chi connectivity index (χ4v) is 3.19. The van der Waals surface area contributed by atoms with Crippen molar-refractivity contribution in [2.45, 2.75) is 25.9 Å². The molecular formula is C15H14ClN3O3S. The van der Waals surface area contributed by atoms with Crippen molar-refractivity contribution < 1.29 is 14.3 Å². The highest BCUT2D eigenvalue weighted by Gasteiger charge is 2.24. The van der Waals surface area contributed by atoms with Gasteiger partial charge in [-0.3, -0.25) is 14.5 Å². The number of thiazole rings is 1. The first-order valence-electron chi connectivity index (χ1n) is 7.12. The van der Waals surface area contributed by atoms with Gasteiger partial charge in [0.1, 0.15) is 11.8 Å². The van der Waals surface area contributed by atoms with E-state index in [1.165, 1.54) is 11.3 Å². The second kappa shape index (κ2) is 7.06. The van der Waals surface area contributed by atoms with E-state index < -0.39 is 0 Å². The fourth-order valence-electron chi connectivity index (χ4n) is 2.21. The van der Waals surface area contributed by atoms with E-state index in [4.69, 9.17) is 16.3 Å². The van der Waals surface area contributed by atoms with Crippen LogP contribution in [-0.4, -0.2) is 28.4 Å². The van der Waals surface area contributed by atoms with Gasteiger partial charge in [-0.2, -0.15) is 0 Å². The second-order valence-electron chi connectivity index (χ2n) is 5.10. The fraction of sp³-hybridized carbons (Fsp3) is 0.333. The van der Waals surface area contributed by atoms with Crippen LogP contribution in [0, 0.1) is 0 Å². The number of carbonyl (C=O) groups is 2. The summed E-state index contributed by atoms with van der Waals surface area (Å²) in [7, 11) is 0. The van der Waals surface area contributed by atoms with Crippen LogP contribution in [-0.2, 0) is 27.4 Å². The zero-order chi connectivity index (χ0) is 16.2. The lowest BCUT2D eigenvalue weighted by Gasteiger charge is -2.10. The van der Waals surface area contributed by atoms with Crippen molar-refractivity contribution in [3.8, 4) is 0 Å². The maximum atomic E-state index is 11.9. The lowest BCUT2D eigenvalue weighted by Crippen LogP contribution is -2.23. The minimum Gasteiger partial charge on any atom is -0.460 e. The molecule has 1 fully saturated rings. The number of ether oxygens (including phenoxy) is 1. The Kier molecular flexibility index (Phi) is 4.88. The molecule has 1 aliphatic heterocycles. The van der Waals surface area contributed by atoms with E-state index in [0.29, 0.717) is 28.9 Å². The molecule has 1 aliphatic rings. The molecule has 23 heavy (non-hydrogen) atoms. The zero-order valence-electron chi connectivity index (χ0n) is 12.2. The van der Waals surface area contributed by atoms with Gasteiger partial charge in [0, 0.05) is 30.1 Å². The quantitative estimate of drug-likeness (QED) is 0.611. The Morgan fingerprint density at radius 2 is 2.30 bits per heavy atom. The molecule has 0 spiro atoms. The number of halogens is 1. The van der Waals surface area contributed by atoms with E-state index in [9.17, 15) is 9.59 Å². The minimum absolute atomic E-state index is 0.0829.